The lowest BCUT2D eigenvalue weighted by Gasteiger charge is -2.19. The first-order valence-electron chi connectivity index (χ1n) is 8.23. The summed E-state index contributed by atoms with van der Waals surface area (Å²) in [6.45, 7) is 1.99. The molecule has 8 heteroatoms. The van der Waals surface area contributed by atoms with Gasteiger partial charge in [0.25, 0.3) is 0 Å². The molecule has 1 unspecified atom stereocenters. The summed E-state index contributed by atoms with van der Waals surface area (Å²) in [6.07, 6.45) is 0.869. The number of alkyl halides is 2. The molecule has 2 aromatic carbocycles. The highest BCUT2D eigenvalue weighted by Gasteiger charge is 2.29. The van der Waals surface area contributed by atoms with Crippen molar-refractivity contribution >= 4 is 21.2 Å². The average Bonchev–Trinajstić information content (AvgIpc) is 3.09. The van der Waals surface area contributed by atoms with Gasteiger partial charge in [-0.25, -0.2) is 12.8 Å². The predicted octanol–water partition coefficient (Wildman–Crippen LogP) is 3.76. The van der Waals surface area contributed by atoms with Crippen LogP contribution >= 0.6 is 0 Å². The third kappa shape index (κ3) is 3.95. The molecule has 4 nitrogen and oxygen atoms in total. The van der Waals surface area contributed by atoms with Crippen LogP contribution in [0.3, 0.4) is 0 Å². The van der Waals surface area contributed by atoms with Crippen molar-refractivity contribution in [2.75, 3.05) is 29.9 Å². The third-order valence-electron chi connectivity index (χ3n) is 4.49. The number of benzene rings is 2. The number of nitrogens with zero attached hydrogens (tertiary/aromatic N) is 1. The van der Waals surface area contributed by atoms with E-state index in [0.29, 0.717) is 6.54 Å². The summed E-state index contributed by atoms with van der Waals surface area (Å²) in [6, 6.07) is 12.0. The minimum Gasteiger partial charge on any atom is -0.384 e. The van der Waals surface area contributed by atoms with Gasteiger partial charge in [-0.1, -0.05) is 12.1 Å². The molecule has 0 amide bonds. The molecule has 0 aromatic heterocycles. The van der Waals surface area contributed by atoms with Gasteiger partial charge < -0.3 is 10.2 Å². The second-order valence-electron chi connectivity index (χ2n) is 6.26. The van der Waals surface area contributed by atoms with Gasteiger partial charge in [-0.15, -0.1) is 0 Å². The summed E-state index contributed by atoms with van der Waals surface area (Å²) >= 11 is 0. The highest BCUT2D eigenvalue weighted by Crippen LogP contribution is 2.28. The molecule has 140 valence electrons. The van der Waals surface area contributed by atoms with Crippen LogP contribution < -0.4 is 10.2 Å². The van der Waals surface area contributed by atoms with E-state index in [1.807, 2.05) is 0 Å². The summed E-state index contributed by atoms with van der Waals surface area (Å²) in [5.74, 6) is -3.52. The fraction of sp³-hybridized carbons (Fsp3) is 0.333. The van der Waals surface area contributed by atoms with Crippen LogP contribution in [-0.2, 0) is 9.84 Å². The van der Waals surface area contributed by atoms with Gasteiger partial charge in [0.15, 0.2) is 0 Å². The number of para-hydroxylation sites is 1. The van der Waals surface area contributed by atoms with Crippen LogP contribution in [-0.4, -0.2) is 33.8 Å². The summed E-state index contributed by atoms with van der Waals surface area (Å²) < 4.78 is 62.3. The van der Waals surface area contributed by atoms with Gasteiger partial charge in [-0.3, -0.25) is 0 Å². The van der Waals surface area contributed by atoms with Gasteiger partial charge in [-0.05, 0) is 48.7 Å². The van der Waals surface area contributed by atoms with E-state index in [2.05, 4.69) is 10.2 Å². The SMILES string of the molecule is O=S(=O)(c1ccccc1NCC1CCN(c2ccc(F)cc2)C1)C(F)F. The summed E-state index contributed by atoms with van der Waals surface area (Å²) in [4.78, 5) is 1.73. The van der Waals surface area contributed by atoms with E-state index in [0.717, 1.165) is 25.2 Å². The molecule has 0 radical (unpaired) electrons. The molecule has 1 N–H and O–H groups in total. The number of halogens is 3. The van der Waals surface area contributed by atoms with Gasteiger partial charge >= 0.3 is 5.76 Å². The maximum Gasteiger partial charge on any atom is 0.341 e. The molecule has 0 spiro atoms. The Bertz CT molecular complexity index is 857. The van der Waals surface area contributed by atoms with Crippen LogP contribution in [0.25, 0.3) is 0 Å². The van der Waals surface area contributed by atoms with E-state index in [4.69, 9.17) is 0 Å². The molecular weight excluding hydrogens is 365 g/mol. The maximum atomic E-state index is 13.0. The van der Waals surface area contributed by atoms with Crippen molar-refractivity contribution in [3.8, 4) is 0 Å². The Kier molecular flexibility index (Phi) is 5.41. The average molecular weight is 384 g/mol. The van der Waals surface area contributed by atoms with Gasteiger partial charge in [0, 0.05) is 25.3 Å². The van der Waals surface area contributed by atoms with Gasteiger partial charge in [0.05, 0.1) is 10.6 Å². The quantitative estimate of drug-likeness (QED) is 0.824. The Morgan fingerprint density at radius 3 is 2.50 bits per heavy atom. The van der Waals surface area contributed by atoms with Crippen molar-refractivity contribution in [2.24, 2.45) is 5.92 Å². The number of anilines is 2. The molecular formula is C18H19F3N2O2S. The third-order valence-corrected chi connectivity index (χ3v) is 5.93. The fourth-order valence-corrected chi connectivity index (χ4v) is 4.00. The van der Waals surface area contributed by atoms with Gasteiger partial charge in [-0.2, -0.15) is 8.78 Å². The Morgan fingerprint density at radius 2 is 1.81 bits per heavy atom. The summed E-state index contributed by atoms with van der Waals surface area (Å²) in [5.41, 5.74) is 1.11. The Morgan fingerprint density at radius 1 is 1.12 bits per heavy atom. The maximum absolute atomic E-state index is 13.0. The smallest absolute Gasteiger partial charge is 0.341 e. The van der Waals surface area contributed by atoms with Crippen LogP contribution in [0.15, 0.2) is 53.4 Å². The molecule has 2 aromatic rings. The van der Waals surface area contributed by atoms with Crippen molar-refractivity contribution in [3.05, 3.63) is 54.3 Å². The molecule has 0 aliphatic carbocycles. The standard InChI is InChI=1S/C18H19F3N2O2S/c19-14-5-7-15(8-6-14)23-10-9-13(12-23)11-22-16-3-1-2-4-17(16)26(24,25)18(20)21/h1-8,13,18,22H,9-12H2. The largest absolute Gasteiger partial charge is 0.384 e. The first-order valence-corrected chi connectivity index (χ1v) is 9.78. The van der Waals surface area contributed by atoms with E-state index >= 15 is 0 Å². The number of nitrogens with one attached hydrogen (secondary N) is 1. The van der Waals surface area contributed by atoms with E-state index in [9.17, 15) is 21.6 Å². The number of hydrogen-bond acceptors (Lipinski definition) is 4. The van der Waals surface area contributed by atoms with Gasteiger partial charge in [0.2, 0.25) is 9.84 Å². The van der Waals surface area contributed by atoms with Gasteiger partial charge in [0.1, 0.15) is 5.82 Å². The predicted molar refractivity (Wildman–Crippen MR) is 94.8 cm³/mol. The van der Waals surface area contributed by atoms with E-state index in [1.165, 1.54) is 30.3 Å². The van der Waals surface area contributed by atoms with Crippen molar-refractivity contribution < 1.29 is 21.6 Å². The molecule has 3 rings (SSSR count). The summed E-state index contributed by atoms with van der Waals surface area (Å²) in [5, 5.41) is 3.00. The van der Waals surface area contributed by atoms with Crippen LogP contribution in [0.1, 0.15) is 6.42 Å². The number of hydrogen-bond donors (Lipinski definition) is 1. The Balaban J connectivity index is 1.65. The van der Waals surface area contributed by atoms with Crippen LogP contribution in [0, 0.1) is 11.7 Å². The highest BCUT2D eigenvalue weighted by atomic mass is 32.2. The van der Waals surface area contributed by atoms with Crippen molar-refractivity contribution in [2.45, 2.75) is 17.1 Å². The molecule has 0 bridgehead atoms. The topological polar surface area (TPSA) is 49.4 Å². The monoisotopic (exact) mass is 384 g/mol. The van der Waals surface area contributed by atoms with Crippen molar-refractivity contribution in [3.63, 3.8) is 0 Å². The zero-order valence-electron chi connectivity index (χ0n) is 13.9. The van der Waals surface area contributed by atoms with E-state index in [-0.39, 0.29) is 22.3 Å². The minimum atomic E-state index is -4.65. The normalized spacial score (nSPS) is 17.7. The molecule has 26 heavy (non-hydrogen) atoms. The molecule has 1 aliphatic rings. The second kappa shape index (κ2) is 7.57. The lowest BCUT2D eigenvalue weighted by Crippen LogP contribution is -2.23. The first kappa shape index (κ1) is 18.6. The van der Waals surface area contributed by atoms with E-state index < -0.39 is 15.6 Å². The number of sulfone groups is 1. The molecule has 1 fully saturated rings. The van der Waals surface area contributed by atoms with Crippen molar-refractivity contribution in [1.29, 1.82) is 0 Å². The number of rotatable bonds is 6. The lowest BCUT2D eigenvalue weighted by molar-refractivity contribution is 0.235. The minimum absolute atomic E-state index is 0.188. The van der Waals surface area contributed by atoms with Crippen LogP contribution in [0.2, 0.25) is 0 Å². The second-order valence-corrected chi connectivity index (χ2v) is 8.15. The Labute approximate surface area is 150 Å². The first-order chi connectivity index (χ1) is 12.4. The molecule has 1 saturated heterocycles. The van der Waals surface area contributed by atoms with Crippen LogP contribution in [0.4, 0.5) is 24.5 Å². The molecule has 1 heterocycles. The zero-order valence-corrected chi connectivity index (χ0v) is 14.7. The van der Waals surface area contributed by atoms with E-state index in [1.54, 1.807) is 18.2 Å². The Hall–Kier alpha value is -2.22. The zero-order chi connectivity index (χ0) is 18.7. The molecule has 1 atom stereocenters. The highest BCUT2D eigenvalue weighted by molar-refractivity contribution is 7.91. The fourth-order valence-electron chi connectivity index (χ4n) is 3.10. The summed E-state index contributed by atoms with van der Waals surface area (Å²) in [7, 11) is -4.65. The van der Waals surface area contributed by atoms with Crippen LogP contribution in [0.5, 0.6) is 0 Å². The molecule has 1 aliphatic heterocycles. The van der Waals surface area contributed by atoms with Crippen molar-refractivity contribution in [1.82, 2.24) is 0 Å². The molecule has 0 saturated carbocycles. The lowest BCUT2D eigenvalue weighted by atomic mass is 10.1.